The van der Waals surface area contributed by atoms with Crippen LogP contribution < -0.4 is 10.6 Å². The molecule has 5 heteroatoms. The van der Waals surface area contributed by atoms with Gasteiger partial charge in [0.25, 0.3) is 0 Å². The molecule has 116 valence electrons. The third-order valence-electron chi connectivity index (χ3n) is 3.97. The molecule has 1 saturated carbocycles. The fraction of sp³-hybridized carbons (Fsp3) is 0.562. The Balaban J connectivity index is 1.72. The Labute approximate surface area is 125 Å². The van der Waals surface area contributed by atoms with Gasteiger partial charge >= 0.3 is 0 Å². The molecule has 0 radical (unpaired) electrons. The first-order valence-corrected chi connectivity index (χ1v) is 7.39. The number of ether oxygens (including phenoxy) is 1. The van der Waals surface area contributed by atoms with Gasteiger partial charge < -0.3 is 15.4 Å². The van der Waals surface area contributed by atoms with Gasteiger partial charge in [-0.1, -0.05) is 18.2 Å². The van der Waals surface area contributed by atoms with E-state index in [9.17, 15) is 9.18 Å². The van der Waals surface area contributed by atoms with Crippen LogP contribution in [0.15, 0.2) is 24.3 Å². The smallest absolute Gasteiger partial charge is 0.236 e. The van der Waals surface area contributed by atoms with E-state index in [1.54, 1.807) is 13.2 Å². The third kappa shape index (κ3) is 4.25. The SMILES string of the molecule is COCCNC(=O)C(C)NC1CC(c2ccccc2F)C1. The molecular weight excluding hydrogens is 271 g/mol. The van der Waals surface area contributed by atoms with Gasteiger partial charge in [-0.3, -0.25) is 4.79 Å². The summed E-state index contributed by atoms with van der Waals surface area (Å²) in [6.45, 7) is 2.87. The maximum atomic E-state index is 13.7. The topological polar surface area (TPSA) is 50.4 Å². The van der Waals surface area contributed by atoms with E-state index in [-0.39, 0.29) is 29.7 Å². The van der Waals surface area contributed by atoms with E-state index in [1.165, 1.54) is 6.07 Å². The Hall–Kier alpha value is -1.46. The van der Waals surface area contributed by atoms with Gasteiger partial charge in [0.1, 0.15) is 5.82 Å². The summed E-state index contributed by atoms with van der Waals surface area (Å²) in [5.74, 6) is 0.0974. The molecule has 2 rings (SSSR count). The van der Waals surface area contributed by atoms with E-state index >= 15 is 0 Å². The molecule has 1 atom stereocenters. The Bertz CT molecular complexity index is 475. The number of halogens is 1. The molecule has 0 saturated heterocycles. The van der Waals surface area contributed by atoms with E-state index in [4.69, 9.17) is 4.74 Å². The summed E-state index contributed by atoms with van der Waals surface area (Å²) >= 11 is 0. The zero-order valence-electron chi connectivity index (χ0n) is 12.6. The highest BCUT2D eigenvalue weighted by molar-refractivity contribution is 5.81. The summed E-state index contributed by atoms with van der Waals surface area (Å²) in [7, 11) is 1.60. The maximum absolute atomic E-state index is 13.7. The molecule has 1 unspecified atom stereocenters. The average Bonchev–Trinajstić information content (AvgIpc) is 2.43. The number of carbonyl (C=O) groups excluding carboxylic acids is 1. The number of hydrogen-bond donors (Lipinski definition) is 2. The van der Waals surface area contributed by atoms with E-state index in [0.717, 1.165) is 18.4 Å². The van der Waals surface area contributed by atoms with E-state index in [1.807, 2.05) is 19.1 Å². The monoisotopic (exact) mass is 294 g/mol. The third-order valence-corrected chi connectivity index (χ3v) is 3.97. The van der Waals surface area contributed by atoms with E-state index < -0.39 is 0 Å². The molecule has 2 N–H and O–H groups in total. The van der Waals surface area contributed by atoms with Crippen molar-refractivity contribution in [1.82, 2.24) is 10.6 Å². The van der Waals surface area contributed by atoms with Crippen molar-refractivity contribution in [3.05, 3.63) is 35.6 Å². The molecule has 1 aromatic rings. The summed E-state index contributed by atoms with van der Waals surface area (Å²) < 4.78 is 18.5. The largest absolute Gasteiger partial charge is 0.383 e. The van der Waals surface area contributed by atoms with E-state index in [2.05, 4.69) is 10.6 Å². The van der Waals surface area contributed by atoms with Crippen LogP contribution in [0.4, 0.5) is 4.39 Å². The number of rotatable bonds is 7. The van der Waals surface area contributed by atoms with Gasteiger partial charge in [-0.2, -0.15) is 0 Å². The first-order valence-electron chi connectivity index (χ1n) is 7.39. The standard InChI is InChI=1S/C16H23FN2O2/c1-11(16(20)18-7-8-21-2)19-13-9-12(10-13)14-5-3-4-6-15(14)17/h3-6,11-13,19H,7-10H2,1-2H3,(H,18,20). The number of benzene rings is 1. The molecule has 1 aliphatic carbocycles. The molecule has 1 aromatic carbocycles. The lowest BCUT2D eigenvalue weighted by molar-refractivity contribution is -0.123. The summed E-state index contributed by atoms with van der Waals surface area (Å²) in [6, 6.07) is 6.95. The number of carbonyl (C=O) groups is 1. The van der Waals surface area contributed by atoms with E-state index in [0.29, 0.717) is 13.2 Å². The molecule has 21 heavy (non-hydrogen) atoms. The van der Waals surface area contributed by atoms with Gasteiger partial charge in [-0.15, -0.1) is 0 Å². The molecule has 1 aliphatic rings. The second kappa shape index (κ2) is 7.52. The summed E-state index contributed by atoms with van der Waals surface area (Å²) in [6.07, 6.45) is 1.74. The first kappa shape index (κ1) is 15.9. The fourth-order valence-corrected chi connectivity index (χ4v) is 2.67. The molecule has 0 aromatic heterocycles. The highest BCUT2D eigenvalue weighted by Gasteiger charge is 2.33. The van der Waals surface area contributed by atoms with Crippen LogP contribution in [-0.4, -0.2) is 38.3 Å². The van der Waals surface area contributed by atoms with Crippen molar-refractivity contribution >= 4 is 5.91 Å². The van der Waals surface area contributed by atoms with Gasteiger partial charge in [-0.25, -0.2) is 4.39 Å². The average molecular weight is 294 g/mol. The van der Waals surface area contributed by atoms with Gasteiger partial charge in [0.05, 0.1) is 12.6 Å². The lowest BCUT2D eigenvalue weighted by Gasteiger charge is -2.38. The number of nitrogens with one attached hydrogen (secondary N) is 2. The molecule has 0 bridgehead atoms. The highest BCUT2D eigenvalue weighted by atomic mass is 19.1. The first-order chi connectivity index (χ1) is 10.1. The molecule has 0 spiro atoms. The predicted molar refractivity (Wildman–Crippen MR) is 79.6 cm³/mol. The molecule has 0 heterocycles. The Morgan fingerprint density at radius 2 is 2.14 bits per heavy atom. The number of hydrogen-bond acceptors (Lipinski definition) is 3. The summed E-state index contributed by atoms with van der Waals surface area (Å²) in [4.78, 5) is 11.8. The lowest BCUT2D eigenvalue weighted by Crippen LogP contribution is -2.51. The zero-order chi connectivity index (χ0) is 15.2. The van der Waals surface area contributed by atoms with Gasteiger partial charge in [-0.05, 0) is 37.3 Å². The van der Waals surface area contributed by atoms with Crippen LogP contribution in [0.3, 0.4) is 0 Å². The Kier molecular flexibility index (Phi) is 5.70. The predicted octanol–water partition coefficient (Wildman–Crippen LogP) is 1.81. The normalized spacial score (nSPS) is 22.4. The van der Waals surface area contributed by atoms with Gasteiger partial charge in [0, 0.05) is 19.7 Å². The van der Waals surface area contributed by atoms with Crippen LogP contribution in [0.2, 0.25) is 0 Å². The van der Waals surface area contributed by atoms with Crippen molar-refractivity contribution in [2.75, 3.05) is 20.3 Å². The minimum atomic E-state index is -0.242. The summed E-state index contributed by atoms with van der Waals surface area (Å²) in [5.41, 5.74) is 0.785. The molecule has 0 aliphatic heterocycles. The molecule has 1 amide bonds. The second-order valence-corrected chi connectivity index (χ2v) is 5.56. The maximum Gasteiger partial charge on any atom is 0.236 e. The minimum absolute atomic E-state index is 0.0265. The zero-order valence-corrected chi connectivity index (χ0v) is 12.6. The lowest BCUT2D eigenvalue weighted by atomic mass is 9.75. The van der Waals surface area contributed by atoms with Gasteiger partial charge in [0.2, 0.25) is 5.91 Å². The van der Waals surface area contributed by atoms with Gasteiger partial charge in [0.15, 0.2) is 0 Å². The van der Waals surface area contributed by atoms with Crippen LogP contribution in [0.1, 0.15) is 31.2 Å². The van der Waals surface area contributed by atoms with Crippen molar-refractivity contribution in [3.8, 4) is 0 Å². The quantitative estimate of drug-likeness (QED) is 0.754. The van der Waals surface area contributed by atoms with Crippen molar-refractivity contribution in [3.63, 3.8) is 0 Å². The van der Waals surface area contributed by atoms with Crippen LogP contribution in [0.5, 0.6) is 0 Å². The number of amides is 1. The fourth-order valence-electron chi connectivity index (χ4n) is 2.67. The van der Waals surface area contributed by atoms with Crippen LogP contribution in [0, 0.1) is 5.82 Å². The number of methoxy groups -OCH3 is 1. The van der Waals surface area contributed by atoms with Crippen molar-refractivity contribution in [1.29, 1.82) is 0 Å². The molecule has 1 fully saturated rings. The second-order valence-electron chi connectivity index (χ2n) is 5.56. The Morgan fingerprint density at radius 3 is 2.81 bits per heavy atom. The Morgan fingerprint density at radius 1 is 1.43 bits per heavy atom. The molecule has 4 nitrogen and oxygen atoms in total. The van der Waals surface area contributed by atoms with Crippen LogP contribution in [-0.2, 0) is 9.53 Å². The summed E-state index contributed by atoms with van der Waals surface area (Å²) in [5, 5.41) is 6.09. The molecular formula is C16H23FN2O2. The highest BCUT2D eigenvalue weighted by Crippen LogP contribution is 2.38. The minimum Gasteiger partial charge on any atom is -0.383 e. The van der Waals surface area contributed by atoms with Crippen molar-refractivity contribution in [2.45, 2.75) is 37.8 Å². The van der Waals surface area contributed by atoms with Crippen molar-refractivity contribution in [2.24, 2.45) is 0 Å². The van der Waals surface area contributed by atoms with Crippen molar-refractivity contribution < 1.29 is 13.9 Å². The van der Waals surface area contributed by atoms with Crippen LogP contribution in [0.25, 0.3) is 0 Å². The van der Waals surface area contributed by atoms with Crippen LogP contribution >= 0.6 is 0 Å².